The molecule has 1 aliphatic carbocycles. The molecule has 3 N–H and O–H groups in total. The second-order valence-corrected chi connectivity index (χ2v) is 10.5. The molecule has 2 aliphatic heterocycles. The monoisotopic (exact) mass is 496 g/mol. The van der Waals surface area contributed by atoms with Crippen LogP contribution in [0.15, 0.2) is 24.3 Å². The summed E-state index contributed by atoms with van der Waals surface area (Å²) in [4.78, 5) is 55.4. The van der Waals surface area contributed by atoms with Gasteiger partial charge in [0.2, 0.25) is 11.8 Å². The summed E-state index contributed by atoms with van der Waals surface area (Å²) in [6, 6.07) is 4.63. The average molecular weight is 497 g/mol. The summed E-state index contributed by atoms with van der Waals surface area (Å²) in [6.45, 7) is 1.03. The maximum atomic E-state index is 14.3. The second kappa shape index (κ2) is 10.4. The number of nitrogens with zero attached hydrogens (tertiary/aromatic N) is 1. The van der Waals surface area contributed by atoms with E-state index in [1.54, 1.807) is 17.0 Å². The lowest BCUT2D eigenvalue weighted by molar-refractivity contribution is -0.128. The number of hydrogen-bond acceptors (Lipinski definition) is 4. The van der Waals surface area contributed by atoms with Gasteiger partial charge in [0.15, 0.2) is 0 Å². The highest BCUT2D eigenvalue weighted by atomic mass is 19.1. The molecule has 1 saturated carbocycles. The lowest BCUT2D eigenvalue weighted by Gasteiger charge is -2.27. The zero-order valence-electron chi connectivity index (χ0n) is 20.3. The highest BCUT2D eigenvalue weighted by molar-refractivity contribution is 6.01. The number of likely N-dealkylation sites (tertiary alicyclic amines) is 1. The van der Waals surface area contributed by atoms with Crippen molar-refractivity contribution in [3.05, 3.63) is 35.8 Å². The molecule has 0 spiro atoms. The number of carbonyl (C=O) groups is 4. The fraction of sp³-hybridized carbons (Fsp3) is 0.556. The first-order valence-corrected chi connectivity index (χ1v) is 13.1. The van der Waals surface area contributed by atoms with E-state index in [-0.39, 0.29) is 41.7 Å². The van der Waals surface area contributed by atoms with Gasteiger partial charge in [-0.3, -0.25) is 14.4 Å². The Bertz CT molecular complexity index is 1160. The molecule has 3 amide bonds. The van der Waals surface area contributed by atoms with Gasteiger partial charge in [-0.1, -0.05) is 38.2 Å². The fourth-order valence-corrected chi connectivity index (χ4v) is 6.28. The summed E-state index contributed by atoms with van der Waals surface area (Å²) in [6.07, 6.45) is 7.79. The molecule has 36 heavy (non-hydrogen) atoms. The fourth-order valence-electron chi connectivity index (χ4n) is 6.28. The Morgan fingerprint density at radius 2 is 1.97 bits per heavy atom. The smallest absolute Gasteiger partial charge is 0.270 e. The molecule has 8 nitrogen and oxygen atoms in total. The van der Waals surface area contributed by atoms with Crippen LogP contribution < -0.4 is 10.6 Å². The number of hydrogen-bond donors (Lipinski definition) is 3. The van der Waals surface area contributed by atoms with Crippen molar-refractivity contribution in [2.45, 2.75) is 63.5 Å². The van der Waals surface area contributed by atoms with Gasteiger partial charge in [-0.2, -0.15) is 0 Å². The van der Waals surface area contributed by atoms with Crippen LogP contribution in [0.5, 0.6) is 0 Å². The zero-order valence-corrected chi connectivity index (χ0v) is 20.3. The number of H-pyrrole nitrogens is 1. The number of nitrogens with one attached hydrogen (secondary N) is 3. The molecule has 0 unspecified atom stereocenters. The Hall–Kier alpha value is -3.23. The van der Waals surface area contributed by atoms with Gasteiger partial charge in [-0.05, 0) is 49.3 Å². The van der Waals surface area contributed by atoms with Crippen molar-refractivity contribution in [1.29, 1.82) is 0 Å². The predicted molar refractivity (Wildman–Crippen MR) is 131 cm³/mol. The van der Waals surface area contributed by atoms with Gasteiger partial charge in [-0.15, -0.1) is 0 Å². The summed E-state index contributed by atoms with van der Waals surface area (Å²) in [5, 5.41) is 5.89. The van der Waals surface area contributed by atoms with E-state index in [4.69, 9.17) is 0 Å². The van der Waals surface area contributed by atoms with Gasteiger partial charge in [0.1, 0.15) is 23.8 Å². The molecule has 0 radical (unpaired) electrons. The number of rotatable bonds is 7. The van der Waals surface area contributed by atoms with Crippen molar-refractivity contribution in [2.24, 2.45) is 17.8 Å². The number of amides is 3. The van der Waals surface area contributed by atoms with Gasteiger partial charge < -0.3 is 25.3 Å². The maximum absolute atomic E-state index is 14.3. The third kappa shape index (κ3) is 4.88. The van der Waals surface area contributed by atoms with Gasteiger partial charge in [0.25, 0.3) is 5.91 Å². The van der Waals surface area contributed by atoms with Gasteiger partial charge in [0, 0.05) is 29.9 Å². The van der Waals surface area contributed by atoms with E-state index in [0.717, 1.165) is 25.7 Å². The predicted octanol–water partition coefficient (Wildman–Crippen LogP) is 2.93. The Morgan fingerprint density at radius 3 is 2.67 bits per heavy atom. The van der Waals surface area contributed by atoms with Crippen LogP contribution in [0.1, 0.15) is 61.9 Å². The number of carbonyl (C=O) groups excluding carboxylic acids is 4. The van der Waals surface area contributed by atoms with Crippen molar-refractivity contribution < 1.29 is 23.6 Å². The van der Waals surface area contributed by atoms with Crippen molar-refractivity contribution in [2.75, 3.05) is 13.1 Å². The van der Waals surface area contributed by atoms with Crippen molar-refractivity contribution in [3.8, 4) is 0 Å². The van der Waals surface area contributed by atoms with Crippen LogP contribution >= 0.6 is 0 Å². The first-order valence-electron chi connectivity index (χ1n) is 13.1. The molecule has 4 atom stereocenters. The molecule has 192 valence electrons. The molecule has 5 rings (SSSR count). The Kier molecular flexibility index (Phi) is 7.07. The molecule has 2 aromatic rings. The molecule has 3 fully saturated rings. The number of aromatic amines is 1. The van der Waals surface area contributed by atoms with Gasteiger partial charge >= 0.3 is 0 Å². The summed E-state index contributed by atoms with van der Waals surface area (Å²) in [5.74, 6) is -0.891. The third-order valence-electron chi connectivity index (χ3n) is 8.25. The molecular formula is C27H33FN4O4. The molecule has 9 heteroatoms. The van der Waals surface area contributed by atoms with E-state index in [9.17, 15) is 23.6 Å². The summed E-state index contributed by atoms with van der Waals surface area (Å²) >= 11 is 0. The first kappa shape index (κ1) is 24.5. The quantitative estimate of drug-likeness (QED) is 0.512. The standard InChI is InChI=1S/C27H33FN4O4/c28-21-7-4-8-22-20(21)13-23(31-22)27(36)32-14-18(16-5-2-1-3-6-16)12-24(32)26(35)30-19(15-33)11-17-9-10-29-25(17)34/h4,7-8,13,15-19,24,31H,1-3,5-6,9-12,14H2,(H,29,34)(H,30,35)/t17-,18+,19-,24-/m0/s1. The van der Waals surface area contributed by atoms with E-state index in [2.05, 4.69) is 15.6 Å². The maximum Gasteiger partial charge on any atom is 0.270 e. The van der Waals surface area contributed by atoms with Crippen molar-refractivity contribution in [1.82, 2.24) is 20.5 Å². The van der Waals surface area contributed by atoms with Crippen LogP contribution in [0.3, 0.4) is 0 Å². The Morgan fingerprint density at radius 1 is 1.17 bits per heavy atom. The van der Waals surface area contributed by atoms with E-state index in [1.165, 1.54) is 18.6 Å². The van der Waals surface area contributed by atoms with Crippen LogP contribution in [-0.2, 0) is 14.4 Å². The first-order chi connectivity index (χ1) is 17.4. The number of aldehydes is 1. The Labute approximate surface area is 209 Å². The molecule has 3 aliphatic rings. The molecule has 1 aromatic heterocycles. The largest absolute Gasteiger partial charge is 0.356 e. The lowest BCUT2D eigenvalue weighted by atomic mass is 9.79. The third-order valence-corrected chi connectivity index (χ3v) is 8.25. The number of fused-ring (bicyclic) bond motifs is 1. The highest BCUT2D eigenvalue weighted by Crippen LogP contribution is 2.38. The van der Waals surface area contributed by atoms with E-state index in [1.807, 2.05) is 0 Å². The van der Waals surface area contributed by atoms with Crippen molar-refractivity contribution in [3.63, 3.8) is 0 Å². The van der Waals surface area contributed by atoms with E-state index in [0.29, 0.717) is 49.0 Å². The zero-order chi connectivity index (χ0) is 25.2. The summed E-state index contributed by atoms with van der Waals surface area (Å²) in [7, 11) is 0. The van der Waals surface area contributed by atoms with Gasteiger partial charge in [-0.25, -0.2) is 4.39 Å². The molecule has 3 heterocycles. The Balaban J connectivity index is 1.36. The lowest BCUT2D eigenvalue weighted by Crippen LogP contribution is -2.49. The topological polar surface area (TPSA) is 111 Å². The number of benzene rings is 1. The minimum absolute atomic E-state index is 0.0998. The average Bonchev–Trinajstić information content (AvgIpc) is 3.63. The molecule has 0 bridgehead atoms. The van der Waals surface area contributed by atoms with Crippen LogP contribution in [0.4, 0.5) is 4.39 Å². The highest BCUT2D eigenvalue weighted by Gasteiger charge is 2.43. The SMILES string of the molecule is O=C[C@H](C[C@@H]1CCNC1=O)NC(=O)[C@@H]1C[C@@H](C2CCCCC2)CN1C(=O)c1cc2c(F)cccc2[nH]1. The second-order valence-electron chi connectivity index (χ2n) is 10.5. The number of halogens is 1. The van der Waals surface area contributed by atoms with E-state index >= 15 is 0 Å². The van der Waals surface area contributed by atoms with Crippen LogP contribution in [-0.4, -0.2) is 59.1 Å². The molecular weight excluding hydrogens is 463 g/mol. The molecule has 2 saturated heterocycles. The minimum Gasteiger partial charge on any atom is -0.356 e. The van der Waals surface area contributed by atoms with Crippen LogP contribution in [0, 0.1) is 23.6 Å². The normalized spacial score (nSPS) is 25.6. The minimum atomic E-state index is -0.792. The van der Waals surface area contributed by atoms with Crippen LogP contribution in [0.25, 0.3) is 10.9 Å². The number of aromatic nitrogens is 1. The van der Waals surface area contributed by atoms with E-state index < -0.39 is 17.9 Å². The summed E-state index contributed by atoms with van der Waals surface area (Å²) in [5.41, 5.74) is 0.769. The van der Waals surface area contributed by atoms with Gasteiger partial charge in [0.05, 0.1) is 6.04 Å². The van der Waals surface area contributed by atoms with Crippen LogP contribution in [0.2, 0.25) is 0 Å². The van der Waals surface area contributed by atoms with Crippen molar-refractivity contribution >= 4 is 34.9 Å². The molecule has 1 aromatic carbocycles. The summed E-state index contributed by atoms with van der Waals surface area (Å²) < 4.78 is 14.3.